The van der Waals surface area contributed by atoms with Gasteiger partial charge in [0.25, 0.3) is 5.91 Å². The fourth-order valence-corrected chi connectivity index (χ4v) is 1.96. The summed E-state index contributed by atoms with van der Waals surface area (Å²) in [5.41, 5.74) is 2.33. The lowest BCUT2D eigenvalue weighted by Crippen LogP contribution is -2.43. The van der Waals surface area contributed by atoms with Crippen LogP contribution in [0.25, 0.3) is 0 Å². The lowest BCUT2D eigenvalue weighted by molar-refractivity contribution is 0.0906. The lowest BCUT2D eigenvalue weighted by Gasteiger charge is -2.24. The summed E-state index contributed by atoms with van der Waals surface area (Å²) >= 11 is 0. The third-order valence-corrected chi connectivity index (χ3v) is 3.35. The molecule has 4 heteroatoms. The zero-order valence-corrected chi connectivity index (χ0v) is 12.0. The van der Waals surface area contributed by atoms with E-state index in [0.717, 1.165) is 17.7 Å². The summed E-state index contributed by atoms with van der Waals surface area (Å²) in [4.78, 5) is 26.7. The maximum absolute atomic E-state index is 12.2. The summed E-state index contributed by atoms with van der Waals surface area (Å²) < 4.78 is 0. The Bertz CT molecular complexity index is 484. The van der Waals surface area contributed by atoms with Gasteiger partial charge in [-0.3, -0.25) is 9.59 Å². The number of hydrogen-bond donors (Lipinski definition) is 2. The van der Waals surface area contributed by atoms with Crippen molar-refractivity contribution in [1.82, 2.24) is 10.3 Å². The Kier molecular flexibility index (Phi) is 3.99. The highest BCUT2D eigenvalue weighted by Gasteiger charge is 2.24. The topological polar surface area (TPSA) is 62.0 Å². The van der Waals surface area contributed by atoms with E-state index in [1.165, 1.54) is 6.92 Å². The molecule has 0 bridgehead atoms. The van der Waals surface area contributed by atoms with Crippen molar-refractivity contribution in [3.05, 3.63) is 22.5 Å². The van der Waals surface area contributed by atoms with Crippen molar-refractivity contribution >= 4 is 11.7 Å². The Labute approximate surface area is 108 Å². The van der Waals surface area contributed by atoms with Crippen molar-refractivity contribution in [2.24, 2.45) is 0 Å². The van der Waals surface area contributed by atoms with Gasteiger partial charge in [-0.15, -0.1) is 0 Å². The van der Waals surface area contributed by atoms with Crippen LogP contribution in [-0.4, -0.2) is 22.2 Å². The minimum Gasteiger partial charge on any atom is -0.354 e. The van der Waals surface area contributed by atoms with Crippen LogP contribution >= 0.6 is 0 Å². The summed E-state index contributed by atoms with van der Waals surface area (Å²) in [6, 6.07) is 0. The second-order valence-corrected chi connectivity index (χ2v) is 5.37. The van der Waals surface area contributed by atoms with Crippen LogP contribution in [0.2, 0.25) is 0 Å². The van der Waals surface area contributed by atoms with Crippen LogP contribution in [-0.2, 0) is 0 Å². The number of hydrogen-bond acceptors (Lipinski definition) is 2. The molecule has 1 rings (SSSR count). The van der Waals surface area contributed by atoms with Crippen molar-refractivity contribution in [3.8, 4) is 0 Å². The summed E-state index contributed by atoms with van der Waals surface area (Å²) in [6.07, 6.45) is 0.844. The first-order chi connectivity index (χ1) is 8.19. The van der Waals surface area contributed by atoms with Crippen LogP contribution in [0.4, 0.5) is 0 Å². The molecule has 0 saturated carbocycles. The van der Waals surface area contributed by atoms with Gasteiger partial charge >= 0.3 is 0 Å². The van der Waals surface area contributed by atoms with E-state index in [9.17, 15) is 9.59 Å². The summed E-state index contributed by atoms with van der Waals surface area (Å²) in [5.74, 6) is -0.176. The van der Waals surface area contributed by atoms with E-state index >= 15 is 0 Å². The molecule has 0 unspecified atom stereocenters. The van der Waals surface area contributed by atoms with Crippen LogP contribution in [0.1, 0.15) is 66.2 Å². The van der Waals surface area contributed by atoms with Crippen molar-refractivity contribution in [1.29, 1.82) is 0 Å². The van der Waals surface area contributed by atoms with Crippen molar-refractivity contribution in [3.63, 3.8) is 0 Å². The predicted octanol–water partition coefficient (Wildman–Crippen LogP) is 2.75. The number of ketones is 1. The van der Waals surface area contributed by atoms with Crippen LogP contribution in [0.5, 0.6) is 0 Å². The van der Waals surface area contributed by atoms with Crippen LogP contribution in [0.15, 0.2) is 0 Å². The van der Waals surface area contributed by atoms with Gasteiger partial charge in [-0.25, -0.2) is 0 Å². The zero-order chi connectivity index (χ0) is 14.1. The number of Topliss-reactive ketones (excluding diaryl/α,β-unsaturated/α-hetero) is 1. The molecule has 0 aliphatic rings. The maximum atomic E-state index is 12.2. The van der Waals surface area contributed by atoms with E-state index in [4.69, 9.17) is 0 Å². The summed E-state index contributed by atoms with van der Waals surface area (Å²) in [7, 11) is 0. The molecule has 0 radical (unpaired) electrons. The van der Waals surface area contributed by atoms with Gasteiger partial charge in [-0.1, -0.05) is 6.92 Å². The number of carbonyl (C=O) groups excluding carboxylic acids is 2. The van der Waals surface area contributed by atoms with Gasteiger partial charge in [0, 0.05) is 16.8 Å². The molecule has 18 heavy (non-hydrogen) atoms. The number of aromatic nitrogens is 1. The number of aryl methyl sites for hydroxylation is 1. The Hall–Kier alpha value is -1.58. The van der Waals surface area contributed by atoms with Crippen molar-refractivity contribution < 1.29 is 9.59 Å². The zero-order valence-electron chi connectivity index (χ0n) is 12.0. The lowest BCUT2D eigenvalue weighted by atomic mass is 10.0. The highest BCUT2D eigenvalue weighted by Crippen LogP contribution is 2.19. The number of aromatic amines is 1. The Morgan fingerprint density at radius 2 is 1.83 bits per heavy atom. The minimum atomic E-state index is -0.251. The smallest absolute Gasteiger partial charge is 0.268 e. The molecule has 1 amide bonds. The number of rotatable bonds is 4. The number of nitrogens with one attached hydrogen (secondary N) is 2. The van der Waals surface area contributed by atoms with Gasteiger partial charge in [0.2, 0.25) is 0 Å². The Morgan fingerprint density at radius 1 is 1.28 bits per heavy atom. The molecule has 2 N–H and O–H groups in total. The molecule has 4 nitrogen and oxygen atoms in total. The predicted molar refractivity (Wildman–Crippen MR) is 72.1 cm³/mol. The van der Waals surface area contributed by atoms with Crippen LogP contribution in [0.3, 0.4) is 0 Å². The first-order valence-corrected chi connectivity index (χ1v) is 6.22. The van der Waals surface area contributed by atoms with Gasteiger partial charge in [0.05, 0.1) is 0 Å². The minimum absolute atomic E-state index is 0.0185. The number of carbonyl (C=O) groups is 2. The molecule has 0 saturated heterocycles. The average Bonchev–Trinajstić information content (AvgIpc) is 2.53. The van der Waals surface area contributed by atoms with E-state index in [1.54, 1.807) is 6.92 Å². The molecule has 0 aliphatic heterocycles. The van der Waals surface area contributed by atoms with Gasteiger partial charge in [-0.05, 0) is 46.6 Å². The quantitative estimate of drug-likeness (QED) is 0.807. The van der Waals surface area contributed by atoms with E-state index in [0.29, 0.717) is 11.3 Å². The standard InChI is InChI=1S/C14H22N2O2/c1-7-14(5,6)16-13(18)12-8(2)11(10(4)17)9(3)15-12/h15H,7H2,1-6H3,(H,16,18). The molecule has 1 aromatic heterocycles. The van der Waals surface area contributed by atoms with Crippen LogP contribution < -0.4 is 5.32 Å². The molecular weight excluding hydrogens is 228 g/mol. The summed E-state index contributed by atoms with van der Waals surface area (Å²) in [5, 5.41) is 2.96. The van der Waals surface area contributed by atoms with Crippen molar-refractivity contribution in [2.75, 3.05) is 0 Å². The second kappa shape index (κ2) is 4.96. The van der Waals surface area contributed by atoms with Crippen LogP contribution in [0, 0.1) is 13.8 Å². The average molecular weight is 250 g/mol. The first-order valence-electron chi connectivity index (χ1n) is 6.22. The normalized spacial score (nSPS) is 11.4. The number of H-pyrrole nitrogens is 1. The molecule has 1 heterocycles. The molecule has 0 aromatic carbocycles. The molecule has 0 fully saturated rings. The highest BCUT2D eigenvalue weighted by atomic mass is 16.2. The second-order valence-electron chi connectivity index (χ2n) is 5.37. The fourth-order valence-electron chi connectivity index (χ4n) is 1.96. The van der Waals surface area contributed by atoms with Gasteiger partial charge in [0.15, 0.2) is 5.78 Å². The first kappa shape index (κ1) is 14.5. The van der Waals surface area contributed by atoms with Gasteiger partial charge < -0.3 is 10.3 Å². The third-order valence-electron chi connectivity index (χ3n) is 3.35. The largest absolute Gasteiger partial charge is 0.354 e. The van der Waals surface area contributed by atoms with E-state index in [-0.39, 0.29) is 17.2 Å². The van der Waals surface area contributed by atoms with Gasteiger partial charge in [0.1, 0.15) is 5.69 Å². The maximum Gasteiger partial charge on any atom is 0.268 e. The Balaban J connectivity index is 3.09. The molecule has 0 atom stereocenters. The van der Waals surface area contributed by atoms with E-state index in [1.807, 2.05) is 27.7 Å². The SMILES string of the molecule is CCC(C)(C)NC(=O)c1[nH]c(C)c(C(C)=O)c1C. The van der Waals surface area contributed by atoms with Crippen molar-refractivity contribution in [2.45, 2.75) is 53.5 Å². The highest BCUT2D eigenvalue weighted by molar-refractivity contribution is 6.02. The van der Waals surface area contributed by atoms with E-state index < -0.39 is 0 Å². The molecule has 100 valence electrons. The molecule has 0 spiro atoms. The van der Waals surface area contributed by atoms with Gasteiger partial charge in [-0.2, -0.15) is 0 Å². The molecular formula is C14H22N2O2. The molecule has 0 aliphatic carbocycles. The third kappa shape index (κ3) is 2.81. The number of amides is 1. The van der Waals surface area contributed by atoms with E-state index in [2.05, 4.69) is 10.3 Å². The molecule has 1 aromatic rings. The fraction of sp³-hybridized carbons (Fsp3) is 0.571. The Morgan fingerprint density at radius 3 is 2.22 bits per heavy atom. The summed E-state index contributed by atoms with van der Waals surface area (Å²) in [6.45, 7) is 11.1. The monoisotopic (exact) mass is 250 g/mol.